The van der Waals surface area contributed by atoms with Gasteiger partial charge in [-0.05, 0) is 54.2 Å². The van der Waals surface area contributed by atoms with Crippen LogP contribution in [0.2, 0.25) is 0 Å². The third-order valence-electron chi connectivity index (χ3n) is 1.84. The second kappa shape index (κ2) is 4.59. The van der Waals surface area contributed by atoms with Crippen molar-refractivity contribution in [2.24, 2.45) is 0 Å². The van der Waals surface area contributed by atoms with Crippen molar-refractivity contribution in [1.29, 1.82) is 0 Å². The Hall–Kier alpha value is -0.460. The number of hydrogen-bond acceptors (Lipinski definition) is 3. The Morgan fingerprint density at radius 1 is 1.47 bits per heavy atom. The van der Waals surface area contributed by atoms with Gasteiger partial charge in [0.05, 0.1) is 6.54 Å². The lowest BCUT2D eigenvalue weighted by molar-refractivity contribution is 0.737. The molecular formula is C9H6Br2N2OS. The van der Waals surface area contributed by atoms with E-state index in [0.717, 1.165) is 5.56 Å². The lowest BCUT2D eigenvalue weighted by Crippen LogP contribution is -2.21. The molecule has 0 saturated heterocycles. The highest BCUT2D eigenvalue weighted by molar-refractivity contribution is 9.11. The standard InChI is InChI=1S/C9H6Br2N2OS/c10-7-4-13(9(14)8(11)12-7)3-6-1-2-15-5-6/h1-2,4-5H,3H2. The van der Waals surface area contributed by atoms with E-state index in [9.17, 15) is 4.79 Å². The summed E-state index contributed by atoms with van der Waals surface area (Å²) in [5.74, 6) is 0. The summed E-state index contributed by atoms with van der Waals surface area (Å²) in [5, 5.41) is 4.01. The van der Waals surface area contributed by atoms with E-state index >= 15 is 0 Å². The van der Waals surface area contributed by atoms with Crippen molar-refractivity contribution in [2.75, 3.05) is 0 Å². The first kappa shape index (κ1) is 11.0. The molecule has 0 aliphatic heterocycles. The maximum Gasteiger partial charge on any atom is 0.284 e. The van der Waals surface area contributed by atoms with E-state index in [1.807, 2.05) is 16.8 Å². The topological polar surface area (TPSA) is 34.9 Å². The fraction of sp³-hybridized carbons (Fsp3) is 0.111. The number of halogens is 2. The molecule has 2 heterocycles. The summed E-state index contributed by atoms with van der Waals surface area (Å²) in [6.45, 7) is 0.571. The van der Waals surface area contributed by atoms with Crippen LogP contribution in [0.4, 0.5) is 0 Å². The first-order valence-electron chi connectivity index (χ1n) is 4.10. The molecule has 15 heavy (non-hydrogen) atoms. The maximum atomic E-state index is 11.7. The molecule has 0 radical (unpaired) electrons. The van der Waals surface area contributed by atoms with Crippen LogP contribution in [-0.2, 0) is 6.54 Å². The molecule has 0 aromatic carbocycles. The summed E-state index contributed by atoms with van der Waals surface area (Å²) in [7, 11) is 0. The highest BCUT2D eigenvalue weighted by atomic mass is 79.9. The van der Waals surface area contributed by atoms with Crippen LogP contribution in [0.1, 0.15) is 5.56 Å². The average Bonchev–Trinajstić information content (AvgIpc) is 2.66. The Morgan fingerprint density at radius 2 is 2.27 bits per heavy atom. The van der Waals surface area contributed by atoms with Crippen LogP contribution in [0.5, 0.6) is 0 Å². The van der Waals surface area contributed by atoms with E-state index < -0.39 is 0 Å². The summed E-state index contributed by atoms with van der Waals surface area (Å²) in [6, 6.07) is 2.00. The smallest absolute Gasteiger partial charge is 0.284 e. The van der Waals surface area contributed by atoms with Gasteiger partial charge in [-0.15, -0.1) is 0 Å². The summed E-state index contributed by atoms with van der Waals surface area (Å²) in [5.41, 5.74) is 0.997. The molecule has 2 rings (SSSR count). The van der Waals surface area contributed by atoms with Crippen LogP contribution < -0.4 is 5.56 Å². The number of hydrogen-bond donors (Lipinski definition) is 0. The molecule has 2 aromatic rings. The molecule has 0 aliphatic carbocycles. The second-order valence-corrected chi connectivity index (χ2v) is 5.26. The Bertz CT molecular complexity index is 521. The fourth-order valence-electron chi connectivity index (χ4n) is 1.17. The molecule has 0 saturated carbocycles. The largest absolute Gasteiger partial charge is 0.306 e. The van der Waals surface area contributed by atoms with Gasteiger partial charge in [-0.1, -0.05) is 0 Å². The van der Waals surface area contributed by atoms with E-state index in [1.165, 1.54) is 0 Å². The molecule has 2 aromatic heterocycles. The highest BCUT2D eigenvalue weighted by Crippen LogP contribution is 2.11. The molecule has 0 aliphatic rings. The first-order chi connectivity index (χ1) is 7.16. The maximum absolute atomic E-state index is 11.7. The van der Waals surface area contributed by atoms with Crippen LogP contribution in [0.15, 0.2) is 37.0 Å². The first-order valence-corrected chi connectivity index (χ1v) is 6.63. The zero-order valence-corrected chi connectivity index (χ0v) is 11.5. The van der Waals surface area contributed by atoms with Gasteiger partial charge in [0, 0.05) is 6.20 Å². The predicted octanol–water partition coefficient (Wildman–Crippen LogP) is 2.88. The zero-order valence-electron chi connectivity index (χ0n) is 7.48. The van der Waals surface area contributed by atoms with Gasteiger partial charge >= 0.3 is 0 Å². The van der Waals surface area contributed by atoms with E-state index in [1.54, 1.807) is 22.1 Å². The number of nitrogens with zero attached hydrogens (tertiary/aromatic N) is 2. The van der Waals surface area contributed by atoms with E-state index in [0.29, 0.717) is 15.8 Å². The molecule has 0 unspecified atom stereocenters. The lowest BCUT2D eigenvalue weighted by atomic mass is 10.3. The van der Waals surface area contributed by atoms with Crippen molar-refractivity contribution < 1.29 is 0 Å². The normalized spacial score (nSPS) is 10.5. The predicted molar refractivity (Wildman–Crippen MR) is 67.3 cm³/mol. The molecule has 6 heteroatoms. The molecule has 0 bridgehead atoms. The minimum Gasteiger partial charge on any atom is -0.306 e. The molecular weight excluding hydrogens is 344 g/mol. The third kappa shape index (κ3) is 2.56. The molecule has 0 fully saturated rings. The summed E-state index contributed by atoms with van der Waals surface area (Å²) >= 11 is 8.00. The SMILES string of the molecule is O=c1c(Br)nc(Br)cn1Cc1ccsc1. The Morgan fingerprint density at radius 3 is 2.93 bits per heavy atom. The monoisotopic (exact) mass is 348 g/mol. The Labute approximate surface area is 107 Å². The molecule has 0 amide bonds. The van der Waals surface area contributed by atoms with Crippen LogP contribution in [0.25, 0.3) is 0 Å². The van der Waals surface area contributed by atoms with Crippen LogP contribution in [0, 0.1) is 0 Å². The summed E-state index contributed by atoms with van der Waals surface area (Å²) in [6.07, 6.45) is 1.69. The molecule has 0 N–H and O–H groups in total. The van der Waals surface area contributed by atoms with Crippen molar-refractivity contribution in [3.8, 4) is 0 Å². The molecule has 0 spiro atoms. The van der Waals surface area contributed by atoms with Gasteiger partial charge in [0.2, 0.25) is 0 Å². The van der Waals surface area contributed by atoms with Crippen LogP contribution in [-0.4, -0.2) is 9.55 Å². The van der Waals surface area contributed by atoms with E-state index in [2.05, 4.69) is 36.8 Å². The summed E-state index contributed by atoms with van der Waals surface area (Å²) < 4.78 is 2.58. The van der Waals surface area contributed by atoms with Crippen molar-refractivity contribution in [3.05, 3.63) is 48.1 Å². The van der Waals surface area contributed by atoms with Crippen molar-refractivity contribution in [2.45, 2.75) is 6.54 Å². The minimum atomic E-state index is -0.121. The average molecular weight is 350 g/mol. The lowest BCUT2D eigenvalue weighted by Gasteiger charge is -2.04. The Balaban J connectivity index is 2.41. The highest BCUT2D eigenvalue weighted by Gasteiger charge is 2.05. The van der Waals surface area contributed by atoms with Crippen LogP contribution in [0.3, 0.4) is 0 Å². The fourth-order valence-corrected chi connectivity index (χ4v) is 2.91. The van der Waals surface area contributed by atoms with Gasteiger partial charge in [-0.2, -0.15) is 11.3 Å². The molecule has 78 valence electrons. The Kier molecular flexibility index (Phi) is 3.38. The molecule has 3 nitrogen and oxygen atoms in total. The van der Waals surface area contributed by atoms with Gasteiger partial charge in [-0.25, -0.2) is 4.98 Å². The van der Waals surface area contributed by atoms with Crippen molar-refractivity contribution in [3.63, 3.8) is 0 Å². The summed E-state index contributed by atoms with van der Waals surface area (Å²) in [4.78, 5) is 15.6. The minimum absolute atomic E-state index is 0.121. The van der Waals surface area contributed by atoms with Gasteiger partial charge < -0.3 is 4.57 Å². The third-order valence-corrected chi connectivity index (χ3v) is 3.47. The second-order valence-electron chi connectivity index (χ2n) is 2.92. The zero-order chi connectivity index (χ0) is 10.8. The van der Waals surface area contributed by atoms with E-state index in [4.69, 9.17) is 0 Å². The van der Waals surface area contributed by atoms with Crippen LogP contribution >= 0.6 is 43.2 Å². The van der Waals surface area contributed by atoms with Gasteiger partial charge in [0.25, 0.3) is 5.56 Å². The van der Waals surface area contributed by atoms with Crippen molar-refractivity contribution in [1.82, 2.24) is 9.55 Å². The number of rotatable bonds is 2. The molecule has 0 atom stereocenters. The van der Waals surface area contributed by atoms with Gasteiger partial charge in [0.1, 0.15) is 4.60 Å². The van der Waals surface area contributed by atoms with Crippen molar-refractivity contribution >= 4 is 43.2 Å². The van der Waals surface area contributed by atoms with Gasteiger partial charge in [0.15, 0.2) is 4.60 Å². The van der Waals surface area contributed by atoms with E-state index in [-0.39, 0.29) is 5.56 Å². The van der Waals surface area contributed by atoms with Gasteiger partial charge in [-0.3, -0.25) is 4.79 Å². The number of aromatic nitrogens is 2. The number of thiophene rings is 1. The quantitative estimate of drug-likeness (QED) is 0.835.